The second kappa shape index (κ2) is 6.78. The number of hydrogen-bond acceptors (Lipinski definition) is 4. The maximum absolute atomic E-state index is 12.4. The highest BCUT2D eigenvalue weighted by Gasteiger charge is 2.17. The van der Waals surface area contributed by atoms with Crippen LogP contribution in [0.5, 0.6) is 11.5 Å². The monoisotopic (exact) mass is 289 g/mol. The molecule has 0 aliphatic heterocycles. The third kappa shape index (κ3) is 3.53. The van der Waals surface area contributed by atoms with Crippen molar-refractivity contribution in [2.45, 2.75) is 19.4 Å². The quantitative estimate of drug-likeness (QED) is 0.855. The van der Waals surface area contributed by atoms with E-state index in [1.807, 2.05) is 6.92 Å². The Hall–Kier alpha value is -2.50. The van der Waals surface area contributed by atoms with Crippen molar-refractivity contribution in [2.75, 3.05) is 14.2 Å². The van der Waals surface area contributed by atoms with Crippen molar-refractivity contribution in [1.82, 2.24) is 15.3 Å². The molecule has 2 rings (SSSR count). The normalized spacial score (nSPS) is 11.8. The lowest BCUT2D eigenvalue weighted by molar-refractivity contribution is 0.0933. The Bertz CT molecular complexity index is 574. The molecule has 1 aromatic carbocycles. The number of nitrogens with zero attached hydrogens (tertiary/aromatic N) is 1. The number of H-pyrrole nitrogens is 1. The molecule has 1 amide bonds. The van der Waals surface area contributed by atoms with Crippen LogP contribution in [0.3, 0.4) is 0 Å². The van der Waals surface area contributed by atoms with Gasteiger partial charge in [-0.05, 0) is 18.6 Å². The minimum Gasteiger partial charge on any atom is -0.497 e. The zero-order valence-electron chi connectivity index (χ0n) is 12.3. The molecule has 1 heterocycles. The van der Waals surface area contributed by atoms with E-state index in [0.29, 0.717) is 17.1 Å². The van der Waals surface area contributed by atoms with Crippen LogP contribution in [-0.4, -0.2) is 30.1 Å². The van der Waals surface area contributed by atoms with Crippen LogP contribution in [0.25, 0.3) is 0 Å². The van der Waals surface area contributed by atoms with Gasteiger partial charge in [0.25, 0.3) is 5.91 Å². The number of carbonyl (C=O) groups is 1. The second-order valence-electron chi connectivity index (χ2n) is 4.51. The molecule has 6 nitrogen and oxygen atoms in total. The standard InChI is InChI=1S/C15H19N3O3/c1-4-13(14-16-5-6-17-14)18-15(19)10-7-11(20-2)9-12(8-10)21-3/h5-9,13H,4H2,1-3H3,(H,16,17)(H,18,19). The van der Waals surface area contributed by atoms with Gasteiger partial charge in [-0.2, -0.15) is 0 Å². The molecule has 0 saturated carbocycles. The minimum atomic E-state index is -0.199. The number of imidazole rings is 1. The van der Waals surface area contributed by atoms with Crippen molar-refractivity contribution in [3.63, 3.8) is 0 Å². The number of nitrogens with one attached hydrogen (secondary N) is 2. The van der Waals surface area contributed by atoms with Gasteiger partial charge in [0, 0.05) is 24.0 Å². The summed E-state index contributed by atoms with van der Waals surface area (Å²) < 4.78 is 10.3. The van der Waals surface area contributed by atoms with Crippen molar-refractivity contribution >= 4 is 5.91 Å². The van der Waals surface area contributed by atoms with Crippen molar-refractivity contribution in [1.29, 1.82) is 0 Å². The van der Waals surface area contributed by atoms with E-state index in [1.165, 1.54) is 0 Å². The van der Waals surface area contributed by atoms with Crippen molar-refractivity contribution in [2.24, 2.45) is 0 Å². The largest absolute Gasteiger partial charge is 0.497 e. The average Bonchev–Trinajstić information content (AvgIpc) is 3.05. The lowest BCUT2D eigenvalue weighted by Gasteiger charge is -2.15. The molecule has 2 N–H and O–H groups in total. The molecule has 0 aliphatic carbocycles. The average molecular weight is 289 g/mol. The summed E-state index contributed by atoms with van der Waals surface area (Å²) in [5.74, 6) is 1.69. The highest BCUT2D eigenvalue weighted by Crippen LogP contribution is 2.23. The number of hydrogen-bond donors (Lipinski definition) is 2. The Balaban J connectivity index is 2.19. The maximum atomic E-state index is 12.4. The fourth-order valence-electron chi connectivity index (χ4n) is 2.01. The smallest absolute Gasteiger partial charge is 0.252 e. The predicted octanol–water partition coefficient (Wildman–Crippen LogP) is 2.31. The Labute approximate surface area is 123 Å². The number of carbonyl (C=O) groups excluding carboxylic acids is 1. The first-order valence-corrected chi connectivity index (χ1v) is 6.71. The van der Waals surface area contributed by atoms with Gasteiger partial charge < -0.3 is 19.8 Å². The van der Waals surface area contributed by atoms with E-state index in [2.05, 4.69) is 15.3 Å². The van der Waals surface area contributed by atoms with Crippen LogP contribution in [0.2, 0.25) is 0 Å². The summed E-state index contributed by atoms with van der Waals surface area (Å²) in [6, 6.07) is 4.91. The first kappa shape index (κ1) is 14.9. The van der Waals surface area contributed by atoms with Crippen LogP contribution in [0.1, 0.15) is 35.6 Å². The summed E-state index contributed by atoms with van der Waals surface area (Å²) in [4.78, 5) is 19.6. The fraction of sp³-hybridized carbons (Fsp3) is 0.333. The van der Waals surface area contributed by atoms with Crippen LogP contribution >= 0.6 is 0 Å². The molecule has 0 fully saturated rings. The SMILES string of the molecule is CCC(NC(=O)c1cc(OC)cc(OC)c1)c1ncc[nH]1. The Kier molecular flexibility index (Phi) is 4.81. The van der Waals surface area contributed by atoms with E-state index in [0.717, 1.165) is 12.2 Å². The molecule has 2 aromatic rings. The summed E-state index contributed by atoms with van der Waals surface area (Å²) in [5, 5.41) is 2.94. The number of aromatic nitrogens is 2. The molecule has 112 valence electrons. The highest BCUT2D eigenvalue weighted by molar-refractivity contribution is 5.95. The number of benzene rings is 1. The van der Waals surface area contributed by atoms with Crippen LogP contribution in [-0.2, 0) is 0 Å². The molecule has 0 radical (unpaired) electrons. The molecular formula is C15H19N3O3. The number of aromatic amines is 1. The summed E-state index contributed by atoms with van der Waals surface area (Å²) in [6.07, 6.45) is 4.14. The van der Waals surface area contributed by atoms with Gasteiger partial charge >= 0.3 is 0 Å². The molecule has 0 bridgehead atoms. The maximum Gasteiger partial charge on any atom is 0.252 e. The number of amides is 1. The molecule has 0 aliphatic rings. The zero-order chi connectivity index (χ0) is 15.2. The van der Waals surface area contributed by atoms with Gasteiger partial charge in [-0.1, -0.05) is 6.92 Å². The van der Waals surface area contributed by atoms with Crippen molar-refractivity contribution < 1.29 is 14.3 Å². The van der Waals surface area contributed by atoms with Gasteiger partial charge in [-0.3, -0.25) is 4.79 Å². The lowest BCUT2D eigenvalue weighted by Crippen LogP contribution is -2.28. The molecule has 1 atom stereocenters. The van der Waals surface area contributed by atoms with Crippen molar-refractivity contribution in [3.8, 4) is 11.5 Å². The van der Waals surface area contributed by atoms with E-state index in [9.17, 15) is 4.79 Å². The van der Waals surface area contributed by atoms with E-state index in [4.69, 9.17) is 9.47 Å². The molecule has 1 aromatic heterocycles. The summed E-state index contributed by atoms with van der Waals surface area (Å²) >= 11 is 0. The lowest BCUT2D eigenvalue weighted by atomic mass is 10.1. The van der Waals surface area contributed by atoms with E-state index < -0.39 is 0 Å². The Morgan fingerprint density at radius 1 is 1.29 bits per heavy atom. The summed E-state index contributed by atoms with van der Waals surface area (Å²) in [7, 11) is 3.10. The third-order valence-electron chi connectivity index (χ3n) is 3.18. The summed E-state index contributed by atoms with van der Waals surface area (Å²) in [6.45, 7) is 1.99. The number of ether oxygens (including phenoxy) is 2. The molecule has 1 unspecified atom stereocenters. The number of methoxy groups -OCH3 is 2. The minimum absolute atomic E-state index is 0.162. The van der Waals surface area contributed by atoms with Gasteiger partial charge in [0.2, 0.25) is 0 Å². The predicted molar refractivity (Wildman–Crippen MR) is 78.6 cm³/mol. The van der Waals surface area contributed by atoms with Gasteiger partial charge in [0.1, 0.15) is 17.3 Å². The first-order chi connectivity index (χ1) is 10.2. The van der Waals surface area contributed by atoms with Crippen LogP contribution in [0.15, 0.2) is 30.6 Å². The van der Waals surface area contributed by atoms with E-state index >= 15 is 0 Å². The molecule has 0 spiro atoms. The van der Waals surface area contributed by atoms with Gasteiger partial charge in [-0.25, -0.2) is 4.98 Å². The van der Waals surface area contributed by atoms with Crippen molar-refractivity contribution in [3.05, 3.63) is 42.0 Å². The molecular weight excluding hydrogens is 270 g/mol. The Morgan fingerprint density at radius 2 is 1.95 bits per heavy atom. The second-order valence-corrected chi connectivity index (χ2v) is 4.51. The Morgan fingerprint density at radius 3 is 2.43 bits per heavy atom. The first-order valence-electron chi connectivity index (χ1n) is 6.71. The number of rotatable bonds is 6. The van der Waals surface area contributed by atoms with Crippen LogP contribution in [0.4, 0.5) is 0 Å². The highest BCUT2D eigenvalue weighted by atomic mass is 16.5. The molecule has 6 heteroatoms. The van der Waals surface area contributed by atoms with E-state index in [-0.39, 0.29) is 11.9 Å². The molecule has 21 heavy (non-hydrogen) atoms. The fourth-order valence-corrected chi connectivity index (χ4v) is 2.01. The van der Waals surface area contributed by atoms with Gasteiger partial charge in [-0.15, -0.1) is 0 Å². The summed E-state index contributed by atoms with van der Waals surface area (Å²) in [5.41, 5.74) is 0.483. The zero-order valence-corrected chi connectivity index (χ0v) is 12.3. The van der Waals surface area contributed by atoms with E-state index in [1.54, 1.807) is 44.8 Å². The van der Waals surface area contributed by atoms with Gasteiger partial charge in [0.05, 0.1) is 20.3 Å². The van der Waals surface area contributed by atoms with Crippen LogP contribution in [0, 0.1) is 0 Å². The van der Waals surface area contributed by atoms with Gasteiger partial charge in [0.15, 0.2) is 0 Å². The third-order valence-corrected chi connectivity index (χ3v) is 3.18. The molecule has 0 saturated heterocycles. The topological polar surface area (TPSA) is 76.2 Å². The van der Waals surface area contributed by atoms with Crippen LogP contribution < -0.4 is 14.8 Å².